The topological polar surface area (TPSA) is 48.4 Å². The monoisotopic (exact) mass is 283 g/mol. The van der Waals surface area contributed by atoms with Crippen molar-refractivity contribution in [2.45, 2.75) is 50.5 Å². The van der Waals surface area contributed by atoms with Gasteiger partial charge in [-0.05, 0) is 12.8 Å². The summed E-state index contributed by atoms with van der Waals surface area (Å²) < 4.78 is 10.4. The molecule has 0 unspecified atom stereocenters. The van der Waals surface area contributed by atoms with Crippen molar-refractivity contribution in [3.05, 3.63) is 16.1 Å². The molecule has 1 saturated carbocycles. The van der Waals surface area contributed by atoms with Gasteiger partial charge in [0.05, 0.1) is 19.2 Å². The molecule has 5 heteroatoms. The molecule has 19 heavy (non-hydrogen) atoms. The van der Waals surface area contributed by atoms with Gasteiger partial charge in [0.1, 0.15) is 10.6 Å². The molecule has 0 saturated heterocycles. The van der Waals surface area contributed by atoms with Gasteiger partial charge in [0.2, 0.25) is 0 Å². The lowest BCUT2D eigenvalue weighted by Gasteiger charge is -2.34. The van der Waals surface area contributed by atoms with Crippen molar-refractivity contribution in [3.63, 3.8) is 0 Å². The number of esters is 1. The molecule has 4 nitrogen and oxygen atoms in total. The van der Waals surface area contributed by atoms with Gasteiger partial charge in [-0.1, -0.05) is 19.3 Å². The van der Waals surface area contributed by atoms with Gasteiger partial charge in [-0.2, -0.15) is 0 Å². The molecule has 1 aliphatic carbocycles. The lowest BCUT2D eigenvalue weighted by atomic mass is 9.85. The zero-order valence-corrected chi connectivity index (χ0v) is 12.4. The lowest BCUT2D eigenvalue weighted by molar-refractivity contribution is -0.140. The molecule has 106 valence electrons. The van der Waals surface area contributed by atoms with E-state index in [-0.39, 0.29) is 11.6 Å². The van der Waals surface area contributed by atoms with Crippen LogP contribution < -0.4 is 0 Å². The smallest absolute Gasteiger partial charge is 0.305 e. The summed E-state index contributed by atoms with van der Waals surface area (Å²) >= 11 is 1.65. The molecule has 2 rings (SSSR count). The SMILES string of the molecule is COC(=O)CCc1csc(C2(OC)CCCCC2)n1. The minimum Gasteiger partial charge on any atom is -0.469 e. The van der Waals surface area contributed by atoms with Crippen LogP contribution in [0.1, 0.15) is 49.2 Å². The third kappa shape index (κ3) is 3.34. The standard InChI is InChI=1S/C14H21NO3S/c1-17-12(16)7-6-11-10-19-13(15-11)14(18-2)8-4-3-5-9-14/h10H,3-9H2,1-2H3. The largest absolute Gasteiger partial charge is 0.469 e. The Balaban J connectivity index is 2.04. The normalized spacial score (nSPS) is 18.2. The summed E-state index contributed by atoms with van der Waals surface area (Å²) in [5.74, 6) is -0.186. The molecule has 1 fully saturated rings. The number of carbonyl (C=O) groups excluding carboxylic acids is 1. The molecule has 1 aromatic heterocycles. The number of hydrogen-bond donors (Lipinski definition) is 0. The van der Waals surface area contributed by atoms with Crippen LogP contribution in [0.4, 0.5) is 0 Å². The maximum Gasteiger partial charge on any atom is 0.305 e. The first-order valence-corrected chi connectivity index (χ1v) is 7.65. The average molecular weight is 283 g/mol. The van der Waals surface area contributed by atoms with Crippen molar-refractivity contribution in [3.8, 4) is 0 Å². The van der Waals surface area contributed by atoms with E-state index in [0.29, 0.717) is 12.8 Å². The highest BCUT2D eigenvalue weighted by Crippen LogP contribution is 2.41. The van der Waals surface area contributed by atoms with Gasteiger partial charge in [-0.15, -0.1) is 11.3 Å². The number of ether oxygens (including phenoxy) is 2. The van der Waals surface area contributed by atoms with Gasteiger partial charge < -0.3 is 9.47 Å². The van der Waals surface area contributed by atoms with Crippen molar-refractivity contribution >= 4 is 17.3 Å². The minimum absolute atomic E-state index is 0.186. The second-order valence-corrected chi connectivity index (χ2v) is 5.84. The fourth-order valence-corrected chi connectivity index (χ4v) is 3.68. The van der Waals surface area contributed by atoms with E-state index in [1.54, 1.807) is 18.4 Å². The molecule has 1 aromatic rings. The van der Waals surface area contributed by atoms with Gasteiger partial charge >= 0.3 is 5.97 Å². The molecule has 0 bridgehead atoms. The van der Waals surface area contributed by atoms with Gasteiger partial charge in [0.25, 0.3) is 0 Å². The van der Waals surface area contributed by atoms with E-state index in [0.717, 1.165) is 23.5 Å². The maximum absolute atomic E-state index is 11.1. The van der Waals surface area contributed by atoms with Gasteiger partial charge in [-0.3, -0.25) is 4.79 Å². The highest BCUT2D eigenvalue weighted by atomic mass is 32.1. The van der Waals surface area contributed by atoms with Crippen molar-refractivity contribution < 1.29 is 14.3 Å². The highest BCUT2D eigenvalue weighted by molar-refractivity contribution is 7.09. The molecule has 0 aliphatic heterocycles. The van der Waals surface area contributed by atoms with Gasteiger partial charge in [-0.25, -0.2) is 4.98 Å². The van der Waals surface area contributed by atoms with Crippen LogP contribution in [0.5, 0.6) is 0 Å². The van der Waals surface area contributed by atoms with Crippen molar-refractivity contribution in [2.24, 2.45) is 0 Å². The van der Waals surface area contributed by atoms with E-state index in [1.807, 2.05) is 5.38 Å². The quantitative estimate of drug-likeness (QED) is 0.779. The number of thiazole rings is 1. The number of hydrogen-bond acceptors (Lipinski definition) is 5. The predicted octanol–water partition coefficient (Wildman–Crippen LogP) is 3.05. The fourth-order valence-electron chi connectivity index (χ4n) is 2.59. The Hall–Kier alpha value is -0.940. The van der Waals surface area contributed by atoms with Crippen molar-refractivity contribution in [2.75, 3.05) is 14.2 Å². The summed E-state index contributed by atoms with van der Waals surface area (Å²) in [6.45, 7) is 0. The third-order valence-electron chi connectivity index (χ3n) is 3.81. The van der Waals surface area contributed by atoms with Crippen molar-refractivity contribution in [1.82, 2.24) is 4.98 Å². The van der Waals surface area contributed by atoms with E-state index < -0.39 is 0 Å². The minimum atomic E-state index is -0.188. The Morgan fingerprint density at radius 2 is 2.11 bits per heavy atom. The molecule has 0 amide bonds. The summed E-state index contributed by atoms with van der Waals surface area (Å²) in [6.07, 6.45) is 6.81. The molecule has 1 aliphatic rings. The highest BCUT2D eigenvalue weighted by Gasteiger charge is 2.36. The Morgan fingerprint density at radius 3 is 2.74 bits per heavy atom. The average Bonchev–Trinajstić information content (AvgIpc) is 2.95. The first kappa shape index (κ1) is 14.5. The summed E-state index contributed by atoms with van der Waals surface area (Å²) in [5, 5.41) is 3.10. The fraction of sp³-hybridized carbons (Fsp3) is 0.714. The van der Waals surface area contributed by atoms with Crippen LogP contribution in [0, 0.1) is 0 Å². The van der Waals surface area contributed by atoms with Crippen LogP contribution in [0.2, 0.25) is 0 Å². The summed E-state index contributed by atoms with van der Waals surface area (Å²) in [6, 6.07) is 0. The summed E-state index contributed by atoms with van der Waals surface area (Å²) in [5.41, 5.74) is 0.777. The molecular formula is C14H21NO3S. The molecule has 0 N–H and O–H groups in total. The van der Waals surface area contributed by atoms with Gasteiger partial charge in [0, 0.05) is 18.9 Å². The Morgan fingerprint density at radius 1 is 1.37 bits per heavy atom. The molecule has 0 atom stereocenters. The first-order chi connectivity index (χ1) is 9.20. The summed E-state index contributed by atoms with van der Waals surface area (Å²) in [4.78, 5) is 15.8. The van der Waals surface area contributed by atoms with Crippen LogP contribution in [0.3, 0.4) is 0 Å². The Labute approximate surface area is 118 Å². The van der Waals surface area contributed by atoms with Crippen molar-refractivity contribution in [1.29, 1.82) is 0 Å². The Bertz CT molecular complexity index is 424. The van der Waals surface area contributed by atoms with E-state index in [4.69, 9.17) is 4.74 Å². The zero-order chi connectivity index (χ0) is 13.7. The number of aromatic nitrogens is 1. The molecule has 0 spiro atoms. The predicted molar refractivity (Wildman–Crippen MR) is 74.2 cm³/mol. The number of nitrogens with zero attached hydrogens (tertiary/aromatic N) is 1. The van der Waals surface area contributed by atoms with E-state index >= 15 is 0 Å². The van der Waals surface area contributed by atoms with Crippen LogP contribution in [-0.2, 0) is 26.3 Å². The van der Waals surface area contributed by atoms with Crippen LogP contribution in [-0.4, -0.2) is 25.2 Å². The van der Waals surface area contributed by atoms with E-state index in [1.165, 1.54) is 26.4 Å². The zero-order valence-electron chi connectivity index (χ0n) is 11.6. The first-order valence-electron chi connectivity index (χ1n) is 6.77. The van der Waals surface area contributed by atoms with E-state index in [9.17, 15) is 4.79 Å². The second-order valence-electron chi connectivity index (χ2n) is 4.98. The molecular weight excluding hydrogens is 262 g/mol. The van der Waals surface area contributed by atoms with Crippen LogP contribution in [0.25, 0.3) is 0 Å². The third-order valence-corrected chi connectivity index (χ3v) is 4.88. The Kier molecular flexibility index (Phi) is 4.93. The molecule has 0 radical (unpaired) electrons. The van der Waals surface area contributed by atoms with Gasteiger partial charge in [0.15, 0.2) is 0 Å². The number of aryl methyl sites for hydroxylation is 1. The number of methoxy groups -OCH3 is 2. The van der Waals surface area contributed by atoms with Crippen LogP contribution in [0.15, 0.2) is 5.38 Å². The molecule has 0 aromatic carbocycles. The number of carbonyl (C=O) groups is 1. The lowest BCUT2D eigenvalue weighted by Crippen LogP contribution is -2.31. The number of rotatable bonds is 5. The maximum atomic E-state index is 11.1. The second kappa shape index (κ2) is 6.48. The summed E-state index contributed by atoms with van der Waals surface area (Å²) in [7, 11) is 3.19. The van der Waals surface area contributed by atoms with Crippen LogP contribution >= 0.6 is 11.3 Å². The molecule has 1 heterocycles. The van der Waals surface area contributed by atoms with E-state index in [2.05, 4.69) is 9.72 Å².